The highest BCUT2D eigenvalue weighted by molar-refractivity contribution is 6.32. The second kappa shape index (κ2) is 5.94. The molecule has 0 spiro atoms. The molecule has 2 aliphatic heterocycles. The van der Waals surface area contributed by atoms with Crippen molar-refractivity contribution in [2.24, 2.45) is 0 Å². The van der Waals surface area contributed by atoms with Crippen molar-refractivity contribution >= 4 is 17.3 Å². The first-order valence-electron chi connectivity index (χ1n) is 6.92. The summed E-state index contributed by atoms with van der Waals surface area (Å²) >= 11 is 5.96. The zero-order chi connectivity index (χ0) is 15.0. The lowest BCUT2D eigenvalue weighted by Crippen LogP contribution is -2.52. The van der Waals surface area contributed by atoms with Gasteiger partial charge in [0.15, 0.2) is 17.4 Å². The zero-order valence-corrected chi connectivity index (χ0v) is 12.4. The normalized spacial score (nSPS) is 24.9. The van der Waals surface area contributed by atoms with Gasteiger partial charge in [-0.05, 0) is 0 Å². The number of hydrogen-bond donors (Lipinski definition) is 1. The van der Waals surface area contributed by atoms with Crippen LogP contribution in [-0.2, 0) is 4.74 Å². The van der Waals surface area contributed by atoms with Crippen LogP contribution in [0, 0.1) is 11.6 Å². The summed E-state index contributed by atoms with van der Waals surface area (Å²) in [5, 5.41) is 3.01. The number of rotatable bonds is 2. The Morgan fingerprint density at radius 2 is 2.33 bits per heavy atom. The third kappa shape index (κ3) is 2.67. The highest BCUT2D eigenvalue weighted by atomic mass is 35.5. The lowest BCUT2D eigenvalue weighted by atomic mass is 10.1. The molecular formula is C14H17ClF2N2O2. The van der Waals surface area contributed by atoms with E-state index in [0.29, 0.717) is 25.3 Å². The molecule has 0 bridgehead atoms. The molecule has 3 rings (SSSR count). The van der Waals surface area contributed by atoms with Crippen LogP contribution >= 0.6 is 11.6 Å². The van der Waals surface area contributed by atoms with Crippen molar-refractivity contribution < 1.29 is 18.3 Å². The van der Waals surface area contributed by atoms with Gasteiger partial charge in [-0.1, -0.05) is 11.6 Å². The summed E-state index contributed by atoms with van der Waals surface area (Å²) in [5.74, 6) is -1.81. The van der Waals surface area contributed by atoms with E-state index in [1.54, 1.807) is 7.11 Å². The first kappa shape index (κ1) is 14.8. The average molecular weight is 319 g/mol. The van der Waals surface area contributed by atoms with Crippen LogP contribution in [0.15, 0.2) is 6.07 Å². The van der Waals surface area contributed by atoms with Crippen LogP contribution in [0.3, 0.4) is 0 Å². The third-order valence-corrected chi connectivity index (χ3v) is 4.27. The monoisotopic (exact) mass is 318 g/mol. The van der Waals surface area contributed by atoms with Gasteiger partial charge < -0.3 is 19.7 Å². The molecule has 1 aromatic rings. The maximum atomic E-state index is 13.7. The van der Waals surface area contributed by atoms with E-state index in [4.69, 9.17) is 21.1 Å². The molecule has 0 aromatic heterocycles. The Bertz CT molecular complexity index is 544. The molecular weight excluding hydrogens is 302 g/mol. The first-order chi connectivity index (χ1) is 10.1. The smallest absolute Gasteiger partial charge is 0.181 e. The van der Waals surface area contributed by atoms with Crippen LogP contribution in [0.25, 0.3) is 0 Å². The van der Waals surface area contributed by atoms with Crippen LogP contribution in [-0.4, -0.2) is 45.5 Å². The number of hydrogen-bond acceptors (Lipinski definition) is 4. The van der Waals surface area contributed by atoms with Gasteiger partial charge in [0, 0.05) is 45.3 Å². The summed E-state index contributed by atoms with van der Waals surface area (Å²) in [6.07, 6.45) is 0.459. The molecule has 116 valence electrons. The van der Waals surface area contributed by atoms with Crippen molar-refractivity contribution in [3.8, 4) is 5.75 Å². The molecule has 0 aliphatic carbocycles. The molecule has 0 saturated carbocycles. The average Bonchev–Trinajstić information content (AvgIpc) is 2.63. The molecule has 2 heterocycles. The summed E-state index contributed by atoms with van der Waals surface area (Å²) in [6.45, 7) is 2.61. The van der Waals surface area contributed by atoms with Crippen molar-refractivity contribution in [3.63, 3.8) is 0 Å². The molecule has 4 nitrogen and oxygen atoms in total. The molecule has 0 radical (unpaired) electrons. The molecule has 2 aliphatic rings. The standard InChI is InChI=1S/C14H17ClF2N2O2/c1-20-7-9-4-8-6-18-2-3-19(8)11-5-10(16)13(17)12(15)14(11)21-9/h5,8-9,18H,2-4,6-7H2,1H3/t8-,9+/m1/s1. The van der Waals surface area contributed by atoms with Crippen molar-refractivity contribution in [1.82, 2.24) is 5.32 Å². The Morgan fingerprint density at radius 1 is 1.52 bits per heavy atom. The van der Waals surface area contributed by atoms with E-state index in [9.17, 15) is 8.78 Å². The fraction of sp³-hybridized carbons (Fsp3) is 0.571. The number of methoxy groups -OCH3 is 1. The Labute approximate surface area is 127 Å². The van der Waals surface area contributed by atoms with E-state index >= 15 is 0 Å². The minimum absolute atomic E-state index is 0.140. The molecule has 7 heteroatoms. The van der Waals surface area contributed by atoms with E-state index in [0.717, 1.165) is 13.1 Å². The molecule has 1 fully saturated rings. The van der Waals surface area contributed by atoms with Crippen molar-refractivity contribution in [1.29, 1.82) is 0 Å². The van der Waals surface area contributed by atoms with E-state index in [2.05, 4.69) is 5.32 Å². The lowest BCUT2D eigenvalue weighted by Gasteiger charge is -2.37. The van der Waals surface area contributed by atoms with E-state index in [1.807, 2.05) is 4.90 Å². The Balaban J connectivity index is 2.07. The number of piperazine rings is 1. The topological polar surface area (TPSA) is 33.7 Å². The van der Waals surface area contributed by atoms with Gasteiger partial charge in [-0.3, -0.25) is 0 Å². The van der Waals surface area contributed by atoms with Crippen LogP contribution in [0.1, 0.15) is 6.42 Å². The van der Waals surface area contributed by atoms with E-state index < -0.39 is 11.6 Å². The van der Waals surface area contributed by atoms with E-state index in [-0.39, 0.29) is 22.9 Å². The molecule has 1 saturated heterocycles. The van der Waals surface area contributed by atoms with Gasteiger partial charge in [0.2, 0.25) is 0 Å². The van der Waals surface area contributed by atoms with Gasteiger partial charge in [0.05, 0.1) is 12.3 Å². The molecule has 1 aromatic carbocycles. The Morgan fingerprint density at radius 3 is 3.10 bits per heavy atom. The van der Waals surface area contributed by atoms with Crippen molar-refractivity contribution in [2.75, 3.05) is 38.3 Å². The fourth-order valence-corrected chi connectivity index (χ4v) is 3.22. The predicted molar refractivity (Wildman–Crippen MR) is 76.3 cm³/mol. The van der Waals surface area contributed by atoms with Crippen LogP contribution in [0.4, 0.5) is 14.5 Å². The zero-order valence-electron chi connectivity index (χ0n) is 11.7. The third-order valence-electron chi connectivity index (χ3n) is 3.93. The second-order valence-electron chi connectivity index (χ2n) is 5.32. The fourth-order valence-electron chi connectivity index (χ4n) is 2.99. The SMILES string of the molecule is COC[C@@H]1C[C@@H]2CNCCN2c2cc(F)c(F)c(Cl)c2O1. The quantitative estimate of drug-likeness (QED) is 0.848. The van der Waals surface area contributed by atoms with Gasteiger partial charge >= 0.3 is 0 Å². The van der Waals surface area contributed by atoms with Crippen molar-refractivity contribution in [2.45, 2.75) is 18.6 Å². The van der Waals surface area contributed by atoms with Gasteiger partial charge in [0.1, 0.15) is 11.1 Å². The van der Waals surface area contributed by atoms with Crippen molar-refractivity contribution in [3.05, 3.63) is 22.7 Å². The number of benzene rings is 1. The number of ether oxygens (including phenoxy) is 2. The Hall–Kier alpha value is -1.11. The maximum absolute atomic E-state index is 13.7. The highest BCUT2D eigenvalue weighted by Crippen LogP contribution is 2.43. The largest absolute Gasteiger partial charge is 0.484 e. The molecule has 21 heavy (non-hydrogen) atoms. The minimum atomic E-state index is -1.07. The summed E-state index contributed by atoms with van der Waals surface area (Å²) in [7, 11) is 1.58. The summed E-state index contributed by atoms with van der Waals surface area (Å²) in [5.41, 5.74) is 0.518. The highest BCUT2D eigenvalue weighted by Gasteiger charge is 2.34. The number of fused-ring (bicyclic) bond motifs is 3. The van der Waals surface area contributed by atoms with Gasteiger partial charge in [0.25, 0.3) is 0 Å². The van der Waals surface area contributed by atoms with Gasteiger partial charge in [-0.2, -0.15) is 0 Å². The lowest BCUT2D eigenvalue weighted by molar-refractivity contribution is 0.0744. The number of halogens is 3. The summed E-state index contributed by atoms with van der Waals surface area (Å²) in [6, 6.07) is 1.31. The predicted octanol–water partition coefficient (Wildman–Crippen LogP) is 2.19. The molecule has 0 unspecified atom stereocenters. The first-order valence-corrected chi connectivity index (χ1v) is 7.30. The van der Waals surface area contributed by atoms with Gasteiger partial charge in [-0.25, -0.2) is 8.78 Å². The number of nitrogens with one attached hydrogen (secondary N) is 1. The van der Waals surface area contributed by atoms with Crippen LogP contribution in [0.5, 0.6) is 5.75 Å². The second-order valence-corrected chi connectivity index (χ2v) is 5.69. The number of anilines is 1. The van der Waals surface area contributed by atoms with Crippen LogP contribution < -0.4 is 15.0 Å². The molecule has 0 amide bonds. The Kier molecular flexibility index (Phi) is 4.19. The minimum Gasteiger partial charge on any atom is -0.484 e. The van der Waals surface area contributed by atoms with E-state index in [1.165, 1.54) is 6.07 Å². The van der Waals surface area contributed by atoms with Crippen LogP contribution in [0.2, 0.25) is 5.02 Å². The number of nitrogens with zero attached hydrogens (tertiary/aromatic N) is 1. The molecule has 1 N–H and O–H groups in total. The van der Waals surface area contributed by atoms with Gasteiger partial charge in [-0.15, -0.1) is 0 Å². The maximum Gasteiger partial charge on any atom is 0.181 e. The molecule has 2 atom stereocenters. The summed E-state index contributed by atoms with van der Waals surface area (Å²) < 4.78 is 38.4. The summed E-state index contributed by atoms with van der Waals surface area (Å²) in [4.78, 5) is 2.04.